The van der Waals surface area contributed by atoms with Gasteiger partial charge in [-0.15, -0.1) is 0 Å². The summed E-state index contributed by atoms with van der Waals surface area (Å²) in [4.78, 5) is 11.1. The molecule has 0 amide bonds. The number of Topliss-reactive ketones (excluding diaryl/α,β-unsaturated/α-hetero) is 1. The highest BCUT2D eigenvalue weighted by Gasteiger charge is 2.06. The lowest BCUT2D eigenvalue weighted by Gasteiger charge is -2.05. The smallest absolute Gasteiger partial charge is 0.165 e. The molecule has 0 atom stereocenters. The number of alkyl halides is 1. The summed E-state index contributed by atoms with van der Waals surface area (Å²) in [5, 5.41) is 0.293. The second kappa shape index (κ2) is 5.85. The van der Waals surface area contributed by atoms with Crippen LogP contribution in [0.3, 0.4) is 0 Å². The van der Waals surface area contributed by atoms with E-state index in [0.717, 1.165) is 0 Å². The second-order valence-corrected chi connectivity index (χ2v) is 3.61. The summed E-state index contributed by atoms with van der Waals surface area (Å²) in [6.45, 7) is 2.22. The molecule has 0 fully saturated rings. The first-order valence-electron chi connectivity index (χ1n) is 4.66. The number of hydrogen-bond donors (Lipinski definition) is 0. The topological polar surface area (TPSA) is 26.3 Å². The molecule has 0 unspecified atom stereocenters. The minimum atomic E-state index is -0.420. The van der Waals surface area contributed by atoms with Crippen molar-refractivity contribution in [2.75, 3.05) is 11.9 Å². The molecule has 0 aliphatic rings. The van der Waals surface area contributed by atoms with Gasteiger partial charge in [-0.05, 0) is 24.6 Å². The fraction of sp³-hybridized carbons (Fsp3) is 0.364. The van der Waals surface area contributed by atoms with E-state index in [2.05, 4.69) is 15.9 Å². The largest absolute Gasteiger partial charge is 0.491 e. The Morgan fingerprint density at radius 3 is 2.80 bits per heavy atom. The number of carbonyl (C=O) groups excluding carboxylic acids is 1. The highest BCUT2D eigenvalue weighted by Crippen LogP contribution is 2.18. The van der Waals surface area contributed by atoms with Gasteiger partial charge in [-0.25, -0.2) is 4.39 Å². The average molecular weight is 275 g/mol. The minimum absolute atomic E-state index is 0.0264. The number of ether oxygens (including phenoxy) is 1. The van der Waals surface area contributed by atoms with Gasteiger partial charge in [0.15, 0.2) is 11.6 Å². The van der Waals surface area contributed by atoms with Crippen LogP contribution >= 0.6 is 15.9 Å². The number of carbonyl (C=O) groups is 1. The van der Waals surface area contributed by atoms with E-state index in [1.165, 1.54) is 6.07 Å². The van der Waals surface area contributed by atoms with Gasteiger partial charge < -0.3 is 4.74 Å². The molecule has 15 heavy (non-hydrogen) atoms. The Hall–Kier alpha value is -0.900. The zero-order valence-electron chi connectivity index (χ0n) is 8.43. The van der Waals surface area contributed by atoms with Gasteiger partial charge in [-0.3, -0.25) is 4.79 Å². The van der Waals surface area contributed by atoms with Crippen molar-refractivity contribution in [1.29, 1.82) is 0 Å². The van der Waals surface area contributed by atoms with Gasteiger partial charge in [0.2, 0.25) is 0 Å². The lowest BCUT2D eigenvalue weighted by atomic mass is 10.1. The van der Waals surface area contributed by atoms with Gasteiger partial charge in [0, 0.05) is 6.42 Å². The van der Waals surface area contributed by atoms with Crippen LogP contribution in [0.15, 0.2) is 18.2 Å². The molecule has 1 aromatic carbocycles. The van der Waals surface area contributed by atoms with E-state index < -0.39 is 5.82 Å². The summed E-state index contributed by atoms with van der Waals surface area (Å²) in [7, 11) is 0. The molecule has 0 spiro atoms. The molecule has 0 N–H and O–H groups in total. The molecule has 0 aliphatic heterocycles. The second-order valence-electron chi connectivity index (χ2n) is 3.05. The third kappa shape index (κ3) is 3.63. The van der Waals surface area contributed by atoms with E-state index in [1.807, 2.05) is 0 Å². The standard InChI is InChI=1S/C11H12BrFO2/c1-2-15-11-4-3-8(6-10(11)13)5-9(14)7-12/h3-4,6H,2,5,7H2,1H3. The first-order valence-corrected chi connectivity index (χ1v) is 5.78. The van der Waals surface area contributed by atoms with E-state index in [0.29, 0.717) is 17.5 Å². The predicted molar refractivity (Wildman–Crippen MR) is 60.1 cm³/mol. The monoisotopic (exact) mass is 274 g/mol. The van der Waals surface area contributed by atoms with Crippen molar-refractivity contribution < 1.29 is 13.9 Å². The van der Waals surface area contributed by atoms with Crippen LogP contribution in [0.1, 0.15) is 12.5 Å². The van der Waals surface area contributed by atoms with Crippen LogP contribution in [0.4, 0.5) is 4.39 Å². The summed E-state index contributed by atoms with van der Waals surface area (Å²) in [5.74, 6) is -0.164. The molecule has 0 aromatic heterocycles. The maximum atomic E-state index is 13.3. The van der Waals surface area contributed by atoms with Crippen LogP contribution in [0.2, 0.25) is 0 Å². The fourth-order valence-corrected chi connectivity index (χ4v) is 1.40. The molecule has 2 nitrogen and oxygen atoms in total. The maximum absolute atomic E-state index is 13.3. The van der Waals surface area contributed by atoms with Crippen molar-refractivity contribution in [1.82, 2.24) is 0 Å². The normalized spacial score (nSPS) is 10.1. The Labute approximate surface area is 96.6 Å². The van der Waals surface area contributed by atoms with Crippen LogP contribution in [-0.2, 0) is 11.2 Å². The molecule has 1 rings (SSSR count). The highest BCUT2D eigenvalue weighted by atomic mass is 79.9. The molecular formula is C11H12BrFO2. The van der Waals surface area contributed by atoms with Crippen LogP contribution in [0.5, 0.6) is 5.75 Å². The Kier molecular flexibility index (Phi) is 4.75. The molecule has 4 heteroatoms. The van der Waals surface area contributed by atoms with E-state index in [1.54, 1.807) is 19.1 Å². The predicted octanol–water partition coefficient (Wildman–Crippen LogP) is 2.73. The van der Waals surface area contributed by atoms with Crippen molar-refractivity contribution in [3.05, 3.63) is 29.6 Å². The Bertz CT molecular complexity index is 352. The summed E-state index contributed by atoms with van der Waals surface area (Å²) in [5.41, 5.74) is 0.667. The highest BCUT2D eigenvalue weighted by molar-refractivity contribution is 9.09. The summed E-state index contributed by atoms with van der Waals surface area (Å²) >= 11 is 3.06. The summed E-state index contributed by atoms with van der Waals surface area (Å²) in [6, 6.07) is 4.59. The van der Waals surface area contributed by atoms with Crippen molar-refractivity contribution in [3.63, 3.8) is 0 Å². The Balaban J connectivity index is 2.77. The maximum Gasteiger partial charge on any atom is 0.165 e. The van der Waals surface area contributed by atoms with Gasteiger partial charge in [0.1, 0.15) is 5.78 Å². The number of halogens is 2. The van der Waals surface area contributed by atoms with Gasteiger partial charge in [-0.2, -0.15) is 0 Å². The number of benzene rings is 1. The molecule has 82 valence electrons. The van der Waals surface area contributed by atoms with E-state index in [-0.39, 0.29) is 18.0 Å². The van der Waals surface area contributed by atoms with Crippen LogP contribution < -0.4 is 4.74 Å². The zero-order valence-corrected chi connectivity index (χ0v) is 10.0. The summed E-state index contributed by atoms with van der Waals surface area (Å²) in [6.07, 6.45) is 0.245. The van der Waals surface area contributed by atoms with Crippen LogP contribution in [0.25, 0.3) is 0 Å². The Morgan fingerprint density at radius 1 is 1.53 bits per heavy atom. The van der Waals surface area contributed by atoms with Crippen molar-refractivity contribution in [2.24, 2.45) is 0 Å². The quantitative estimate of drug-likeness (QED) is 0.772. The van der Waals surface area contributed by atoms with E-state index in [4.69, 9.17) is 4.74 Å². The van der Waals surface area contributed by atoms with Crippen LogP contribution in [-0.4, -0.2) is 17.7 Å². The molecule has 0 saturated heterocycles. The lowest BCUT2D eigenvalue weighted by molar-refractivity contribution is -0.115. The number of hydrogen-bond acceptors (Lipinski definition) is 2. The average Bonchev–Trinajstić information content (AvgIpc) is 2.22. The fourth-order valence-electron chi connectivity index (χ4n) is 1.20. The zero-order chi connectivity index (χ0) is 11.3. The van der Waals surface area contributed by atoms with Gasteiger partial charge in [0.05, 0.1) is 11.9 Å². The molecule has 0 heterocycles. The molecule has 0 radical (unpaired) electrons. The SMILES string of the molecule is CCOc1ccc(CC(=O)CBr)cc1F. The third-order valence-corrected chi connectivity index (χ3v) is 2.47. The number of rotatable bonds is 5. The van der Waals surface area contributed by atoms with Gasteiger partial charge in [0.25, 0.3) is 0 Å². The van der Waals surface area contributed by atoms with Crippen molar-refractivity contribution in [3.8, 4) is 5.75 Å². The van der Waals surface area contributed by atoms with Gasteiger partial charge in [-0.1, -0.05) is 22.0 Å². The number of ketones is 1. The molecular weight excluding hydrogens is 263 g/mol. The lowest BCUT2D eigenvalue weighted by Crippen LogP contribution is -2.04. The third-order valence-electron chi connectivity index (χ3n) is 1.85. The molecule has 0 aliphatic carbocycles. The van der Waals surface area contributed by atoms with Crippen molar-refractivity contribution in [2.45, 2.75) is 13.3 Å². The van der Waals surface area contributed by atoms with E-state index in [9.17, 15) is 9.18 Å². The van der Waals surface area contributed by atoms with Crippen LogP contribution in [0, 0.1) is 5.82 Å². The first-order chi connectivity index (χ1) is 7.17. The van der Waals surface area contributed by atoms with E-state index >= 15 is 0 Å². The van der Waals surface area contributed by atoms with Gasteiger partial charge >= 0.3 is 0 Å². The first kappa shape index (κ1) is 12.2. The summed E-state index contributed by atoms with van der Waals surface area (Å²) < 4.78 is 18.4. The molecule has 0 bridgehead atoms. The van der Waals surface area contributed by atoms with Crippen molar-refractivity contribution >= 4 is 21.7 Å². The minimum Gasteiger partial charge on any atom is -0.491 e. The molecule has 0 saturated carbocycles. The Morgan fingerprint density at radius 2 is 2.27 bits per heavy atom. The molecule has 1 aromatic rings.